The average molecular weight is 366 g/mol. The van der Waals surface area contributed by atoms with Crippen LogP contribution in [0.3, 0.4) is 0 Å². The lowest BCUT2D eigenvalue weighted by atomic mass is 9.77. The van der Waals surface area contributed by atoms with Gasteiger partial charge in [-0.1, -0.05) is 26.0 Å². The van der Waals surface area contributed by atoms with Gasteiger partial charge >= 0.3 is 11.9 Å². The molecule has 2 aromatic carbocycles. The fourth-order valence-electron chi connectivity index (χ4n) is 2.61. The van der Waals surface area contributed by atoms with E-state index in [4.69, 9.17) is 20.0 Å². The van der Waals surface area contributed by atoms with E-state index in [9.17, 15) is 19.8 Å². The minimum atomic E-state index is -1.24. The molecule has 0 heterocycles. The molecule has 2 N–H and O–H groups in total. The molecule has 8 heteroatoms. The summed E-state index contributed by atoms with van der Waals surface area (Å²) in [5, 5.41) is 35.9. The Morgan fingerprint density at radius 2 is 1.22 bits per heavy atom. The highest BCUT2D eigenvalue weighted by molar-refractivity contribution is 5.91. The Kier molecular flexibility index (Phi) is 5.33. The van der Waals surface area contributed by atoms with Crippen LogP contribution in [0.25, 0.3) is 0 Å². The molecule has 0 bridgehead atoms. The highest BCUT2D eigenvalue weighted by Gasteiger charge is 2.27. The maximum Gasteiger partial charge on any atom is 0.339 e. The van der Waals surface area contributed by atoms with Crippen molar-refractivity contribution < 1.29 is 29.3 Å². The summed E-state index contributed by atoms with van der Waals surface area (Å²) in [6, 6.07) is 8.66. The standard InChI is InChI=1S/C19H14N2O6/c1-19(2,11-3-5-13(17(22)23)15(7-11)26-9-20)12-4-6-14(18(24)25)16(8-12)27-10-21/h3-8H,1-2H3,(H,22,23)(H,24,25). The van der Waals surface area contributed by atoms with Gasteiger partial charge in [-0.05, 0) is 35.4 Å². The van der Waals surface area contributed by atoms with E-state index < -0.39 is 17.4 Å². The number of benzene rings is 2. The first kappa shape index (κ1) is 19.3. The molecule has 27 heavy (non-hydrogen) atoms. The van der Waals surface area contributed by atoms with Crippen LogP contribution in [-0.2, 0) is 5.41 Å². The molecule has 0 saturated carbocycles. The monoisotopic (exact) mass is 366 g/mol. The van der Waals surface area contributed by atoms with Crippen LogP contribution in [0.4, 0.5) is 0 Å². The number of ether oxygens (including phenoxy) is 2. The van der Waals surface area contributed by atoms with Gasteiger partial charge in [0.1, 0.15) is 11.1 Å². The second-order valence-corrected chi connectivity index (χ2v) is 6.04. The summed E-state index contributed by atoms with van der Waals surface area (Å²) in [5.41, 5.74) is 0.166. The third-order valence-electron chi connectivity index (χ3n) is 4.18. The van der Waals surface area contributed by atoms with Crippen LogP contribution in [0.15, 0.2) is 36.4 Å². The van der Waals surface area contributed by atoms with Crippen LogP contribution < -0.4 is 9.47 Å². The molecule has 0 amide bonds. The molecule has 0 unspecified atom stereocenters. The maximum absolute atomic E-state index is 11.3. The molecular formula is C19H14N2O6. The molecule has 2 aromatic rings. The number of nitrogens with zero attached hydrogens (tertiary/aromatic N) is 2. The fourth-order valence-corrected chi connectivity index (χ4v) is 2.61. The second kappa shape index (κ2) is 7.46. The highest BCUT2D eigenvalue weighted by Crippen LogP contribution is 2.37. The van der Waals surface area contributed by atoms with Crippen LogP contribution >= 0.6 is 0 Å². The fraction of sp³-hybridized carbons (Fsp3) is 0.158. The predicted octanol–water partition coefficient (Wildman–Crippen LogP) is 3.13. The summed E-state index contributed by atoms with van der Waals surface area (Å²) in [6.45, 7) is 3.62. The van der Waals surface area contributed by atoms with E-state index in [0.717, 1.165) is 0 Å². The summed E-state index contributed by atoms with van der Waals surface area (Å²) < 4.78 is 9.52. The Labute approximate surface area is 154 Å². The van der Waals surface area contributed by atoms with Gasteiger partial charge in [-0.3, -0.25) is 0 Å². The van der Waals surface area contributed by atoms with Crippen LogP contribution in [0.1, 0.15) is 45.7 Å². The zero-order valence-corrected chi connectivity index (χ0v) is 14.4. The molecule has 136 valence electrons. The molecule has 0 aliphatic carbocycles. The lowest BCUT2D eigenvalue weighted by Crippen LogP contribution is -2.20. The van der Waals surface area contributed by atoms with Crippen molar-refractivity contribution in [3.63, 3.8) is 0 Å². The normalized spacial score (nSPS) is 10.4. The maximum atomic E-state index is 11.3. The SMILES string of the molecule is CC(C)(c1ccc(C(=O)O)c(OC#N)c1)c1ccc(C(=O)O)c(OC#N)c1. The van der Waals surface area contributed by atoms with E-state index in [1.807, 2.05) is 13.8 Å². The van der Waals surface area contributed by atoms with Crippen molar-refractivity contribution in [3.8, 4) is 24.0 Å². The van der Waals surface area contributed by atoms with Gasteiger partial charge in [0.2, 0.25) is 0 Å². The average Bonchev–Trinajstić information content (AvgIpc) is 2.61. The summed E-state index contributed by atoms with van der Waals surface area (Å²) in [4.78, 5) is 22.5. The summed E-state index contributed by atoms with van der Waals surface area (Å²) >= 11 is 0. The van der Waals surface area contributed by atoms with Crippen molar-refractivity contribution in [1.29, 1.82) is 10.5 Å². The number of nitriles is 2. The summed E-state index contributed by atoms with van der Waals surface area (Å²) in [7, 11) is 0. The second-order valence-electron chi connectivity index (χ2n) is 6.04. The van der Waals surface area contributed by atoms with Gasteiger partial charge in [-0.2, -0.15) is 0 Å². The lowest BCUT2D eigenvalue weighted by Gasteiger charge is -2.27. The van der Waals surface area contributed by atoms with Crippen molar-refractivity contribution >= 4 is 11.9 Å². The van der Waals surface area contributed by atoms with E-state index in [0.29, 0.717) is 11.1 Å². The first-order valence-corrected chi connectivity index (χ1v) is 7.60. The Balaban J connectivity index is 2.58. The molecule has 8 nitrogen and oxygen atoms in total. The van der Waals surface area contributed by atoms with Crippen LogP contribution in [-0.4, -0.2) is 22.2 Å². The van der Waals surface area contributed by atoms with Crippen LogP contribution in [0.2, 0.25) is 0 Å². The summed E-state index contributed by atoms with van der Waals surface area (Å²) in [6.07, 6.45) is 2.92. The molecular weight excluding hydrogens is 352 g/mol. The molecule has 0 aliphatic heterocycles. The predicted molar refractivity (Wildman–Crippen MR) is 91.4 cm³/mol. The van der Waals surface area contributed by atoms with Crippen molar-refractivity contribution in [1.82, 2.24) is 0 Å². The van der Waals surface area contributed by atoms with E-state index in [2.05, 4.69) is 0 Å². The van der Waals surface area contributed by atoms with Gasteiger partial charge in [0, 0.05) is 5.41 Å². The van der Waals surface area contributed by atoms with Crippen molar-refractivity contribution in [2.45, 2.75) is 19.3 Å². The van der Waals surface area contributed by atoms with Gasteiger partial charge in [0.25, 0.3) is 12.5 Å². The number of hydrogen-bond donors (Lipinski definition) is 2. The third-order valence-corrected chi connectivity index (χ3v) is 4.18. The van der Waals surface area contributed by atoms with Crippen molar-refractivity contribution in [3.05, 3.63) is 58.7 Å². The van der Waals surface area contributed by atoms with Crippen LogP contribution in [0.5, 0.6) is 11.5 Å². The van der Waals surface area contributed by atoms with Crippen molar-refractivity contribution in [2.24, 2.45) is 0 Å². The topological polar surface area (TPSA) is 141 Å². The smallest absolute Gasteiger partial charge is 0.339 e. The zero-order valence-electron chi connectivity index (χ0n) is 14.4. The third kappa shape index (κ3) is 3.80. The number of carbonyl (C=O) groups is 2. The van der Waals surface area contributed by atoms with Crippen LogP contribution in [0, 0.1) is 23.0 Å². The van der Waals surface area contributed by atoms with Crippen molar-refractivity contribution in [2.75, 3.05) is 0 Å². The molecule has 0 aromatic heterocycles. The quantitative estimate of drug-likeness (QED) is 0.743. The largest absolute Gasteiger partial charge is 0.478 e. The molecule has 2 rings (SSSR count). The molecule has 0 saturated heterocycles. The number of aromatic carboxylic acids is 2. The molecule has 0 atom stereocenters. The highest BCUT2D eigenvalue weighted by atomic mass is 16.5. The summed E-state index contributed by atoms with van der Waals surface area (Å²) in [5.74, 6) is -2.68. The molecule has 0 aliphatic rings. The van der Waals surface area contributed by atoms with Gasteiger partial charge < -0.3 is 19.7 Å². The van der Waals surface area contributed by atoms with Gasteiger partial charge in [-0.25, -0.2) is 9.59 Å². The zero-order chi connectivity index (χ0) is 20.2. The molecule has 0 spiro atoms. The Morgan fingerprint density at radius 1 is 0.852 bits per heavy atom. The van der Waals surface area contributed by atoms with Gasteiger partial charge in [0.05, 0.1) is 0 Å². The number of hydrogen-bond acceptors (Lipinski definition) is 6. The molecule has 0 fully saturated rings. The minimum absolute atomic E-state index is 0.105. The van der Waals surface area contributed by atoms with Gasteiger partial charge in [-0.15, -0.1) is 10.5 Å². The van der Waals surface area contributed by atoms with E-state index >= 15 is 0 Å². The van der Waals surface area contributed by atoms with E-state index in [-0.39, 0.29) is 22.6 Å². The molecule has 0 radical (unpaired) electrons. The Hall–Kier alpha value is -4.04. The number of carboxylic acid groups (broad SMARTS) is 2. The minimum Gasteiger partial charge on any atom is -0.478 e. The Bertz CT molecular complexity index is 919. The van der Waals surface area contributed by atoms with E-state index in [1.54, 1.807) is 12.1 Å². The Morgan fingerprint density at radius 3 is 1.52 bits per heavy atom. The lowest BCUT2D eigenvalue weighted by molar-refractivity contribution is 0.0683. The first-order chi connectivity index (χ1) is 12.7. The number of rotatable bonds is 6. The first-order valence-electron chi connectivity index (χ1n) is 7.60. The number of carboxylic acids is 2. The van der Waals surface area contributed by atoms with E-state index in [1.165, 1.54) is 36.8 Å². The van der Waals surface area contributed by atoms with Gasteiger partial charge in [0.15, 0.2) is 11.5 Å².